The molecule has 7 rings (SSSR count). The van der Waals surface area contributed by atoms with Gasteiger partial charge in [0.1, 0.15) is 12.2 Å². The number of H-pyrrole nitrogens is 1. The van der Waals surface area contributed by atoms with Gasteiger partial charge in [-0.2, -0.15) is 0 Å². The molecule has 9 heteroatoms. The zero-order valence-electron chi connectivity index (χ0n) is 16.7. The van der Waals surface area contributed by atoms with Gasteiger partial charge in [-0.1, -0.05) is 12.1 Å². The number of aryl methyl sites for hydroxylation is 1. The third-order valence-electron chi connectivity index (χ3n) is 6.82. The van der Waals surface area contributed by atoms with Crippen molar-refractivity contribution in [3.8, 4) is 0 Å². The molecule has 5 atom stereocenters. The minimum absolute atomic E-state index is 0.104. The van der Waals surface area contributed by atoms with Crippen LogP contribution in [0.1, 0.15) is 28.8 Å². The smallest absolute Gasteiger partial charge is 0.418 e. The molecule has 1 spiro atoms. The zero-order chi connectivity index (χ0) is 21.5. The number of rotatable bonds is 2. The van der Waals surface area contributed by atoms with Crippen LogP contribution < -0.4 is 0 Å². The van der Waals surface area contributed by atoms with Gasteiger partial charge in [0, 0.05) is 42.5 Å². The number of ether oxygens (including phenoxy) is 3. The summed E-state index contributed by atoms with van der Waals surface area (Å²) in [5.41, 5.74) is 1.74. The molecule has 1 aromatic heterocycles. The highest BCUT2D eigenvalue weighted by molar-refractivity contribution is 6.30. The number of piperidine rings is 3. The van der Waals surface area contributed by atoms with Crippen LogP contribution in [0.3, 0.4) is 0 Å². The van der Waals surface area contributed by atoms with E-state index < -0.39 is 41.8 Å². The monoisotopic (exact) mass is 424 g/mol. The van der Waals surface area contributed by atoms with E-state index in [-0.39, 0.29) is 12.6 Å². The van der Waals surface area contributed by atoms with Crippen molar-refractivity contribution in [2.45, 2.75) is 49.7 Å². The summed E-state index contributed by atoms with van der Waals surface area (Å²) in [6.45, 7) is 2.24. The SMILES string of the molecule is Cc1ccc2c(C(=O)OC3C=C4C5OC(=O)C(=O)OC56CC(C3)N4CC6O)c[nH]c2c1. The Balaban J connectivity index is 1.30. The van der Waals surface area contributed by atoms with E-state index in [1.807, 2.05) is 30.0 Å². The molecule has 1 aromatic carbocycles. The number of nitrogens with one attached hydrogen (secondary N) is 1. The Kier molecular flexibility index (Phi) is 3.63. The second-order valence-corrected chi connectivity index (χ2v) is 8.68. The first-order chi connectivity index (χ1) is 14.9. The Bertz CT molecular complexity index is 1180. The molecule has 5 aliphatic heterocycles. The molecule has 160 valence electrons. The number of fused-ring (bicyclic) bond motifs is 2. The van der Waals surface area contributed by atoms with Crippen LogP contribution in [0, 0.1) is 6.92 Å². The van der Waals surface area contributed by atoms with Crippen molar-refractivity contribution in [2.24, 2.45) is 0 Å². The normalized spacial score (nSPS) is 33.5. The number of esters is 3. The average molecular weight is 424 g/mol. The van der Waals surface area contributed by atoms with Crippen LogP contribution in [0.15, 0.2) is 36.2 Å². The molecule has 5 aliphatic rings. The first kappa shape index (κ1) is 18.4. The van der Waals surface area contributed by atoms with Crippen molar-refractivity contribution in [3.63, 3.8) is 0 Å². The second-order valence-electron chi connectivity index (χ2n) is 8.68. The maximum atomic E-state index is 12.9. The first-order valence-electron chi connectivity index (χ1n) is 10.2. The Labute approximate surface area is 176 Å². The topological polar surface area (TPSA) is 118 Å². The van der Waals surface area contributed by atoms with Gasteiger partial charge >= 0.3 is 17.9 Å². The predicted molar refractivity (Wildman–Crippen MR) is 105 cm³/mol. The van der Waals surface area contributed by atoms with Gasteiger partial charge in [-0.05, 0) is 24.6 Å². The van der Waals surface area contributed by atoms with Crippen LogP contribution in [0.2, 0.25) is 0 Å². The van der Waals surface area contributed by atoms with Gasteiger partial charge in [-0.3, -0.25) is 0 Å². The maximum absolute atomic E-state index is 12.9. The number of carbonyl (C=O) groups excluding carboxylic acids is 3. The van der Waals surface area contributed by atoms with Gasteiger partial charge in [0.2, 0.25) is 0 Å². The van der Waals surface area contributed by atoms with E-state index in [2.05, 4.69) is 4.98 Å². The average Bonchev–Trinajstić information content (AvgIpc) is 3.13. The molecule has 0 aliphatic carbocycles. The quantitative estimate of drug-likeness (QED) is 0.416. The number of hydrogen-bond donors (Lipinski definition) is 2. The fourth-order valence-corrected chi connectivity index (χ4v) is 5.41. The van der Waals surface area contributed by atoms with Crippen molar-refractivity contribution in [1.82, 2.24) is 9.88 Å². The minimum atomic E-state index is -1.28. The molecule has 0 saturated carbocycles. The predicted octanol–water partition coefficient (Wildman–Crippen LogP) is 0.946. The minimum Gasteiger partial charge on any atom is -0.454 e. The lowest BCUT2D eigenvalue weighted by atomic mass is 9.69. The van der Waals surface area contributed by atoms with Gasteiger partial charge in [0.05, 0.1) is 11.3 Å². The van der Waals surface area contributed by atoms with Gasteiger partial charge in [0.15, 0.2) is 11.7 Å². The summed E-state index contributed by atoms with van der Waals surface area (Å²) >= 11 is 0. The van der Waals surface area contributed by atoms with Crippen molar-refractivity contribution in [1.29, 1.82) is 0 Å². The summed E-state index contributed by atoms with van der Waals surface area (Å²) in [7, 11) is 0. The van der Waals surface area contributed by atoms with Crippen molar-refractivity contribution in [3.05, 3.63) is 47.3 Å². The van der Waals surface area contributed by atoms with Gasteiger partial charge < -0.3 is 29.2 Å². The maximum Gasteiger partial charge on any atom is 0.418 e. The Hall–Kier alpha value is -3.33. The fraction of sp³-hybridized carbons (Fsp3) is 0.409. The number of hydrogen-bond acceptors (Lipinski definition) is 8. The highest BCUT2D eigenvalue weighted by Crippen LogP contribution is 2.50. The van der Waals surface area contributed by atoms with E-state index in [0.29, 0.717) is 24.1 Å². The standard InChI is InChI=1S/C22H20N2O7/c1-10-2-3-13-14(8-23-15(13)4-10)19(26)29-12-5-11-7-22-17(25)9-24(11)16(6-12)18(22)30-20(27)21(28)31-22/h2-4,6,8,11-12,17-18,23,25H,5,7,9H2,1H3. The third kappa shape index (κ3) is 2.49. The van der Waals surface area contributed by atoms with Crippen LogP contribution in [-0.4, -0.2) is 69.4 Å². The lowest BCUT2D eigenvalue weighted by molar-refractivity contribution is -0.262. The van der Waals surface area contributed by atoms with E-state index >= 15 is 0 Å². The van der Waals surface area contributed by atoms with E-state index in [0.717, 1.165) is 16.5 Å². The van der Waals surface area contributed by atoms with Gasteiger partial charge in [-0.15, -0.1) is 0 Å². The fourth-order valence-electron chi connectivity index (χ4n) is 5.41. The van der Waals surface area contributed by atoms with Crippen molar-refractivity contribution in [2.75, 3.05) is 6.54 Å². The van der Waals surface area contributed by atoms with Crippen LogP contribution in [0.4, 0.5) is 0 Å². The van der Waals surface area contributed by atoms with Crippen molar-refractivity contribution < 1.29 is 33.7 Å². The first-order valence-corrected chi connectivity index (χ1v) is 10.2. The summed E-state index contributed by atoms with van der Waals surface area (Å²) in [6.07, 6.45) is 1.78. The molecule has 4 bridgehead atoms. The Morgan fingerprint density at radius 2 is 2.16 bits per heavy atom. The van der Waals surface area contributed by atoms with E-state index in [9.17, 15) is 19.5 Å². The number of aliphatic hydroxyl groups is 1. The Morgan fingerprint density at radius 1 is 1.32 bits per heavy atom. The molecular formula is C22H20N2O7. The molecule has 9 nitrogen and oxygen atoms in total. The number of nitrogens with zero attached hydrogens (tertiary/aromatic N) is 1. The molecule has 2 N–H and O–H groups in total. The second kappa shape index (κ2) is 6.10. The summed E-state index contributed by atoms with van der Waals surface area (Å²) < 4.78 is 16.6. The molecule has 6 heterocycles. The molecule has 4 fully saturated rings. The van der Waals surface area contributed by atoms with Crippen LogP contribution in [-0.2, 0) is 23.8 Å². The lowest BCUT2D eigenvalue weighted by Gasteiger charge is -2.61. The highest BCUT2D eigenvalue weighted by atomic mass is 16.7. The van der Waals surface area contributed by atoms with Gasteiger partial charge in [-0.25, -0.2) is 14.4 Å². The highest BCUT2D eigenvalue weighted by Gasteiger charge is 2.67. The van der Waals surface area contributed by atoms with Crippen LogP contribution in [0.5, 0.6) is 0 Å². The van der Waals surface area contributed by atoms with Crippen LogP contribution >= 0.6 is 0 Å². The molecule has 2 aromatic rings. The number of aromatic amines is 1. The summed E-state index contributed by atoms with van der Waals surface area (Å²) in [5.74, 6) is -2.61. The molecule has 0 amide bonds. The van der Waals surface area contributed by atoms with E-state index in [4.69, 9.17) is 14.2 Å². The van der Waals surface area contributed by atoms with E-state index in [1.54, 1.807) is 12.3 Å². The van der Waals surface area contributed by atoms with Crippen molar-refractivity contribution >= 4 is 28.8 Å². The van der Waals surface area contributed by atoms with E-state index in [1.165, 1.54) is 0 Å². The summed E-state index contributed by atoms with van der Waals surface area (Å²) in [5, 5.41) is 11.4. The number of benzene rings is 1. The largest absolute Gasteiger partial charge is 0.454 e. The molecule has 31 heavy (non-hydrogen) atoms. The Morgan fingerprint density at radius 3 is 3.00 bits per heavy atom. The number of aliphatic hydroxyl groups excluding tert-OH is 1. The third-order valence-corrected chi connectivity index (χ3v) is 6.82. The van der Waals surface area contributed by atoms with Crippen LogP contribution in [0.25, 0.3) is 10.9 Å². The summed E-state index contributed by atoms with van der Waals surface area (Å²) in [4.78, 5) is 41.7. The molecular weight excluding hydrogens is 404 g/mol. The zero-order valence-corrected chi connectivity index (χ0v) is 16.7. The van der Waals surface area contributed by atoms with Gasteiger partial charge in [0.25, 0.3) is 0 Å². The number of aromatic nitrogens is 1. The lowest BCUT2D eigenvalue weighted by Crippen LogP contribution is -2.76. The molecule has 5 unspecified atom stereocenters. The molecule has 4 saturated heterocycles. The number of carbonyl (C=O) groups is 3. The summed E-state index contributed by atoms with van der Waals surface area (Å²) in [6, 6.07) is 5.69. The molecule has 0 radical (unpaired) electrons.